The molecule has 1 rings (SSSR count). The first-order valence-corrected chi connectivity index (χ1v) is 5.55. The Morgan fingerprint density at radius 2 is 2.13 bits per heavy atom. The van der Waals surface area contributed by atoms with E-state index in [0.29, 0.717) is 27.2 Å². The summed E-state index contributed by atoms with van der Waals surface area (Å²) >= 11 is 16.4. The third-order valence-corrected chi connectivity index (χ3v) is 2.62. The summed E-state index contributed by atoms with van der Waals surface area (Å²) in [6.45, 7) is 1.89. The lowest BCUT2D eigenvalue weighted by atomic mass is 10.3. The van der Waals surface area contributed by atoms with Crippen LogP contribution in [0.15, 0.2) is 18.2 Å². The van der Waals surface area contributed by atoms with Crippen molar-refractivity contribution >= 4 is 40.4 Å². The second-order valence-electron chi connectivity index (χ2n) is 3.17. The molecule has 0 saturated carbocycles. The number of nitrogens with two attached hydrogens (primary N) is 1. The second kappa shape index (κ2) is 5.54. The van der Waals surface area contributed by atoms with Crippen LogP contribution in [0.5, 0.6) is 5.75 Å². The van der Waals surface area contributed by atoms with Gasteiger partial charge in [-0.05, 0) is 19.1 Å². The van der Waals surface area contributed by atoms with Crippen LogP contribution in [0.25, 0.3) is 0 Å². The minimum Gasteiger partial charge on any atom is -0.490 e. The van der Waals surface area contributed by atoms with Crippen molar-refractivity contribution in [1.82, 2.24) is 0 Å². The van der Waals surface area contributed by atoms with Crippen LogP contribution in [0.4, 0.5) is 0 Å². The van der Waals surface area contributed by atoms with Crippen LogP contribution in [0.1, 0.15) is 13.3 Å². The zero-order valence-electron chi connectivity index (χ0n) is 8.17. The highest BCUT2D eigenvalue weighted by Crippen LogP contribution is 2.27. The summed E-state index contributed by atoms with van der Waals surface area (Å²) in [5.74, 6) is 0.660. The van der Waals surface area contributed by atoms with Crippen LogP contribution in [0, 0.1) is 0 Å². The molecule has 15 heavy (non-hydrogen) atoms. The molecular formula is C10H11Cl2NOS. The second-order valence-corrected chi connectivity index (χ2v) is 4.51. The summed E-state index contributed by atoms with van der Waals surface area (Å²) in [6.07, 6.45) is 0.468. The van der Waals surface area contributed by atoms with Crippen molar-refractivity contribution in [2.75, 3.05) is 0 Å². The van der Waals surface area contributed by atoms with Crippen molar-refractivity contribution in [3.63, 3.8) is 0 Å². The maximum absolute atomic E-state index is 5.84. The van der Waals surface area contributed by atoms with E-state index < -0.39 is 0 Å². The number of ether oxygens (including phenoxy) is 1. The first-order valence-electron chi connectivity index (χ1n) is 4.39. The largest absolute Gasteiger partial charge is 0.490 e. The first-order chi connectivity index (χ1) is 6.99. The standard InChI is InChI=1S/C10H11Cl2NOS/c1-6(4-10(13)15)14-7-2-3-8(11)9(12)5-7/h2-3,5-6H,4H2,1H3,(H2,13,15). The lowest BCUT2D eigenvalue weighted by molar-refractivity contribution is 0.230. The van der Waals surface area contributed by atoms with E-state index >= 15 is 0 Å². The topological polar surface area (TPSA) is 35.2 Å². The minimum absolute atomic E-state index is 0.0697. The van der Waals surface area contributed by atoms with Crippen molar-refractivity contribution in [2.24, 2.45) is 5.73 Å². The van der Waals surface area contributed by atoms with Crippen LogP contribution in [0.2, 0.25) is 10.0 Å². The highest BCUT2D eigenvalue weighted by molar-refractivity contribution is 7.80. The summed E-state index contributed by atoms with van der Waals surface area (Å²) in [5.41, 5.74) is 5.41. The minimum atomic E-state index is -0.0697. The molecule has 0 aliphatic rings. The normalized spacial score (nSPS) is 12.2. The molecule has 2 N–H and O–H groups in total. The molecule has 0 saturated heterocycles. The number of hydrogen-bond acceptors (Lipinski definition) is 2. The van der Waals surface area contributed by atoms with E-state index in [4.69, 9.17) is 45.9 Å². The highest BCUT2D eigenvalue weighted by Gasteiger charge is 2.07. The smallest absolute Gasteiger partial charge is 0.121 e. The lowest BCUT2D eigenvalue weighted by Crippen LogP contribution is -2.20. The zero-order chi connectivity index (χ0) is 11.4. The van der Waals surface area contributed by atoms with Gasteiger partial charge in [0.1, 0.15) is 11.9 Å². The Morgan fingerprint density at radius 1 is 1.47 bits per heavy atom. The number of hydrogen-bond donors (Lipinski definition) is 1. The van der Waals surface area contributed by atoms with Crippen LogP contribution in [-0.2, 0) is 0 Å². The molecule has 1 unspecified atom stereocenters. The molecule has 2 nitrogen and oxygen atoms in total. The third-order valence-electron chi connectivity index (χ3n) is 1.72. The Hall–Kier alpha value is -0.510. The van der Waals surface area contributed by atoms with Gasteiger partial charge in [0, 0.05) is 12.5 Å². The Balaban J connectivity index is 2.64. The molecule has 1 aromatic rings. The Labute approximate surface area is 104 Å². The Kier molecular flexibility index (Phi) is 4.64. The van der Waals surface area contributed by atoms with E-state index in [2.05, 4.69) is 0 Å². The van der Waals surface area contributed by atoms with Gasteiger partial charge in [0.25, 0.3) is 0 Å². The monoisotopic (exact) mass is 263 g/mol. The van der Waals surface area contributed by atoms with E-state index in [0.717, 1.165) is 0 Å². The summed E-state index contributed by atoms with van der Waals surface area (Å²) in [5, 5.41) is 0.975. The predicted octanol–water partition coefficient (Wildman–Crippen LogP) is 3.44. The van der Waals surface area contributed by atoms with Gasteiger partial charge in [0.05, 0.1) is 15.0 Å². The van der Waals surface area contributed by atoms with Gasteiger partial charge in [0.15, 0.2) is 0 Å². The Morgan fingerprint density at radius 3 is 2.67 bits per heavy atom. The predicted molar refractivity (Wildman–Crippen MR) is 68.0 cm³/mol. The molecule has 1 atom stereocenters. The fraction of sp³-hybridized carbons (Fsp3) is 0.300. The molecule has 0 fully saturated rings. The zero-order valence-corrected chi connectivity index (χ0v) is 10.5. The lowest BCUT2D eigenvalue weighted by Gasteiger charge is -2.14. The van der Waals surface area contributed by atoms with Crippen LogP contribution in [-0.4, -0.2) is 11.1 Å². The molecule has 0 aromatic heterocycles. The van der Waals surface area contributed by atoms with Crippen molar-refractivity contribution in [3.05, 3.63) is 28.2 Å². The molecule has 0 aliphatic heterocycles. The molecule has 82 valence electrons. The van der Waals surface area contributed by atoms with Crippen molar-refractivity contribution in [2.45, 2.75) is 19.4 Å². The fourth-order valence-corrected chi connectivity index (χ4v) is 1.63. The van der Waals surface area contributed by atoms with E-state index in [1.807, 2.05) is 6.92 Å². The van der Waals surface area contributed by atoms with Gasteiger partial charge in [-0.2, -0.15) is 0 Å². The van der Waals surface area contributed by atoms with Gasteiger partial charge in [-0.15, -0.1) is 0 Å². The average molecular weight is 264 g/mol. The number of rotatable bonds is 4. The third kappa shape index (κ3) is 4.24. The van der Waals surface area contributed by atoms with Gasteiger partial charge in [0.2, 0.25) is 0 Å². The molecule has 5 heteroatoms. The summed E-state index contributed by atoms with van der Waals surface area (Å²) in [7, 11) is 0. The SMILES string of the molecule is CC(CC(N)=S)Oc1ccc(Cl)c(Cl)c1. The molecule has 0 bridgehead atoms. The van der Waals surface area contributed by atoms with Crippen molar-refractivity contribution in [3.8, 4) is 5.75 Å². The van der Waals surface area contributed by atoms with Crippen molar-refractivity contribution in [1.29, 1.82) is 0 Å². The van der Waals surface area contributed by atoms with E-state index in [1.54, 1.807) is 18.2 Å². The van der Waals surface area contributed by atoms with E-state index in [1.165, 1.54) is 0 Å². The van der Waals surface area contributed by atoms with Gasteiger partial charge in [-0.1, -0.05) is 35.4 Å². The maximum Gasteiger partial charge on any atom is 0.121 e. The highest BCUT2D eigenvalue weighted by atomic mass is 35.5. The summed E-state index contributed by atoms with van der Waals surface area (Å²) in [6, 6.07) is 5.11. The number of halogens is 2. The van der Waals surface area contributed by atoms with Crippen LogP contribution in [0.3, 0.4) is 0 Å². The molecule has 0 heterocycles. The van der Waals surface area contributed by atoms with Crippen LogP contribution >= 0.6 is 35.4 Å². The average Bonchev–Trinajstić information content (AvgIpc) is 2.10. The molecule has 0 aliphatic carbocycles. The molecule has 0 spiro atoms. The Bertz CT molecular complexity index is 370. The van der Waals surface area contributed by atoms with Gasteiger partial charge >= 0.3 is 0 Å². The fourth-order valence-electron chi connectivity index (χ4n) is 1.11. The van der Waals surface area contributed by atoms with Gasteiger partial charge in [-0.25, -0.2) is 0 Å². The summed E-state index contributed by atoms with van der Waals surface area (Å²) < 4.78 is 5.55. The number of thiocarbonyl (C=S) groups is 1. The molecule has 1 aromatic carbocycles. The van der Waals surface area contributed by atoms with Gasteiger partial charge in [-0.3, -0.25) is 0 Å². The molecule has 0 amide bonds. The van der Waals surface area contributed by atoms with Crippen molar-refractivity contribution < 1.29 is 4.74 Å². The first kappa shape index (κ1) is 12.6. The molecule has 0 radical (unpaired) electrons. The quantitative estimate of drug-likeness (QED) is 0.846. The number of benzene rings is 1. The maximum atomic E-state index is 5.84. The van der Waals surface area contributed by atoms with Crippen LogP contribution < -0.4 is 10.5 Å². The summed E-state index contributed by atoms with van der Waals surface area (Å²) in [4.78, 5) is 0.433. The van der Waals surface area contributed by atoms with E-state index in [9.17, 15) is 0 Å². The molecular weight excluding hydrogens is 253 g/mol. The van der Waals surface area contributed by atoms with Gasteiger partial charge < -0.3 is 10.5 Å². The van der Waals surface area contributed by atoms with E-state index in [-0.39, 0.29) is 6.10 Å².